The number of nitrogens with zero attached hydrogens (tertiary/aromatic N) is 6. The monoisotopic (exact) mass is 408 g/mol. The van der Waals surface area contributed by atoms with E-state index in [4.69, 9.17) is 4.84 Å². The van der Waals surface area contributed by atoms with Gasteiger partial charge in [0.25, 0.3) is 5.69 Å². The maximum absolute atomic E-state index is 12.3. The fourth-order valence-electron chi connectivity index (χ4n) is 3.28. The predicted octanol–water partition coefficient (Wildman–Crippen LogP) is 2.69. The summed E-state index contributed by atoms with van der Waals surface area (Å²) in [6.07, 6.45) is 2.17. The zero-order valence-corrected chi connectivity index (χ0v) is 16.6. The minimum Gasteiger partial charge on any atom is -0.391 e. The number of rotatable bonds is 7. The van der Waals surface area contributed by atoms with Crippen LogP contribution in [0, 0.1) is 10.1 Å². The van der Waals surface area contributed by atoms with Crippen molar-refractivity contribution in [1.82, 2.24) is 19.8 Å². The molecule has 1 aromatic heterocycles. The Kier molecular flexibility index (Phi) is 5.13. The molecule has 0 aliphatic heterocycles. The van der Waals surface area contributed by atoms with E-state index in [1.54, 1.807) is 32.2 Å². The average molecular weight is 408 g/mol. The van der Waals surface area contributed by atoms with Crippen molar-refractivity contribution >= 4 is 11.4 Å². The number of benzene rings is 2. The lowest BCUT2D eigenvalue weighted by Crippen LogP contribution is -2.23. The number of nitro benzene ring substituents is 1. The number of nitro groups is 1. The molecular formula is C20H20N6O4. The molecule has 154 valence electrons. The number of tetrazole rings is 1. The average Bonchev–Trinajstić information content (AvgIpc) is 3.54. The summed E-state index contributed by atoms with van der Waals surface area (Å²) in [6, 6.07) is 11.9. The molecule has 10 nitrogen and oxygen atoms in total. The Labute approximate surface area is 171 Å². The number of hydrogen-bond acceptors (Lipinski definition) is 7. The Hall–Kier alpha value is -3.82. The highest BCUT2D eigenvalue weighted by molar-refractivity contribution is 5.98. The summed E-state index contributed by atoms with van der Waals surface area (Å²) in [6.45, 7) is 1.86. The molecule has 0 radical (unpaired) electrons. The van der Waals surface area contributed by atoms with Gasteiger partial charge in [0, 0.05) is 30.3 Å². The zero-order chi connectivity index (χ0) is 21.3. The Morgan fingerprint density at radius 3 is 2.70 bits per heavy atom. The lowest BCUT2D eigenvalue weighted by atomic mass is 10.0. The van der Waals surface area contributed by atoms with E-state index < -0.39 is 4.92 Å². The topological polar surface area (TPSA) is 117 Å². The van der Waals surface area contributed by atoms with E-state index in [2.05, 4.69) is 15.6 Å². The molecule has 0 bridgehead atoms. The second-order valence-corrected chi connectivity index (χ2v) is 7.17. The minimum atomic E-state index is -0.450. The van der Waals surface area contributed by atoms with Crippen LogP contribution in [0.5, 0.6) is 0 Å². The SMILES string of the molecule is C/C(=N/OCc1c(C2CC2)cccc1-n1nnn(C)c1=O)c1cccc([N+](=O)[O-])c1. The third-order valence-corrected chi connectivity index (χ3v) is 5.04. The minimum absolute atomic E-state index is 0.00885. The van der Waals surface area contributed by atoms with Crippen molar-refractivity contribution in [2.24, 2.45) is 12.2 Å². The van der Waals surface area contributed by atoms with Crippen molar-refractivity contribution in [3.63, 3.8) is 0 Å². The van der Waals surface area contributed by atoms with Crippen molar-refractivity contribution in [3.8, 4) is 5.69 Å². The molecule has 3 aromatic rings. The molecule has 2 aromatic carbocycles. The zero-order valence-electron chi connectivity index (χ0n) is 16.6. The van der Waals surface area contributed by atoms with Crippen LogP contribution in [0.25, 0.3) is 5.69 Å². The molecule has 10 heteroatoms. The van der Waals surface area contributed by atoms with E-state index >= 15 is 0 Å². The maximum Gasteiger partial charge on any atom is 0.368 e. The molecule has 1 aliphatic rings. The molecule has 30 heavy (non-hydrogen) atoms. The lowest BCUT2D eigenvalue weighted by molar-refractivity contribution is -0.384. The molecule has 0 saturated heterocycles. The van der Waals surface area contributed by atoms with Crippen LogP contribution in [-0.4, -0.2) is 30.4 Å². The third kappa shape index (κ3) is 3.84. The van der Waals surface area contributed by atoms with Gasteiger partial charge in [-0.15, -0.1) is 0 Å². The van der Waals surface area contributed by atoms with Gasteiger partial charge in [0.15, 0.2) is 0 Å². The van der Waals surface area contributed by atoms with Gasteiger partial charge < -0.3 is 4.84 Å². The van der Waals surface area contributed by atoms with Gasteiger partial charge in [-0.1, -0.05) is 29.4 Å². The fourth-order valence-corrected chi connectivity index (χ4v) is 3.28. The second-order valence-electron chi connectivity index (χ2n) is 7.17. The number of aromatic nitrogens is 4. The standard InChI is InChI=1S/C20H20N6O4/c1-13(15-5-3-6-16(11-15)26(28)29)21-30-12-18-17(14-9-10-14)7-4-8-19(18)25-20(27)24(2)22-23-25/h3-8,11,14H,9-10,12H2,1-2H3/b21-13-. The highest BCUT2D eigenvalue weighted by Gasteiger charge is 2.28. The number of oxime groups is 1. The molecule has 4 rings (SSSR count). The van der Waals surface area contributed by atoms with Crippen LogP contribution >= 0.6 is 0 Å². The first-order valence-electron chi connectivity index (χ1n) is 9.48. The highest BCUT2D eigenvalue weighted by atomic mass is 16.6. The predicted molar refractivity (Wildman–Crippen MR) is 109 cm³/mol. The largest absolute Gasteiger partial charge is 0.391 e. The van der Waals surface area contributed by atoms with Crippen molar-refractivity contribution in [3.05, 3.63) is 79.8 Å². The first kappa shape index (κ1) is 19.5. The number of non-ortho nitro benzene ring substituents is 1. The first-order valence-corrected chi connectivity index (χ1v) is 9.48. The van der Waals surface area contributed by atoms with Crippen LogP contribution in [0.15, 0.2) is 52.4 Å². The molecule has 1 heterocycles. The van der Waals surface area contributed by atoms with Crippen molar-refractivity contribution < 1.29 is 9.76 Å². The van der Waals surface area contributed by atoms with Gasteiger partial charge in [-0.3, -0.25) is 10.1 Å². The molecule has 0 unspecified atom stereocenters. The normalized spacial score (nSPS) is 14.0. The summed E-state index contributed by atoms with van der Waals surface area (Å²) >= 11 is 0. The van der Waals surface area contributed by atoms with Crippen molar-refractivity contribution in [2.45, 2.75) is 32.3 Å². The summed E-state index contributed by atoms with van der Waals surface area (Å²) in [5.74, 6) is 0.428. The van der Waals surface area contributed by atoms with Gasteiger partial charge in [0.05, 0.1) is 16.3 Å². The van der Waals surface area contributed by atoms with Crippen molar-refractivity contribution in [1.29, 1.82) is 0 Å². The van der Waals surface area contributed by atoms with E-state index in [0.29, 0.717) is 22.9 Å². The molecule has 0 N–H and O–H groups in total. The Balaban J connectivity index is 1.62. The molecule has 0 spiro atoms. The second kappa shape index (κ2) is 7.90. The molecule has 1 saturated carbocycles. The number of aryl methyl sites for hydroxylation is 1. The Morgan fingerprint density at radius 2 is 2.03 bits per heavy atom. The van der Waals surface area contributed by atoms with E-state index in [1.807, 2.05) is 12.1 Å². The summed E-state index contributed by atoms with van der Waals surface area (Å²) in [5.41, 5.74) is 3.31. The van der Waals surface area contributed by atoms with Crippen LogP contribution in [0.1, 0.15) is 42.4 Å². The summed E-state index contributed by atoms with van der Waals surface area (Å²) in [4.78, 5) is 28.5. The van der Waals surface area contributed by atoms with Crippen LogP contribution in [0.2, 0.25) is 0 Å². The molecule has 1 fully saturated rings. The Bertz CT molecular complexity index is 1190. The highest BCUT2D eigenvalue weighted by Crippen LogP contribution is 2.42. The first-order chi connectivity index (χ1) is 14.5. The fraction of sp³-hybridized carbons (Fsp3) is 0.300. The van der Waals surface area contributed by atoms with Gasteiger partial charge in [0.1, 0.15) is 6.61 Å². The maximum atomic E-state index is 12.3. The van der Waals surface area contributed by atoms with E-state index in [-0.39, 0.29) is 18.0 Å². The third-order valence-electron chi connectivity index (χ3n) is 5.04. The smallest absolute Gasteiger partial charge is 0.368 e. The molecule has 1 aliphatic carbocycles. The summed E-state index contributed by atoms with van der Waals surface area (Å²) in [7, 11) is 1.54. The quantitative estimate of drug-likeness (QED) is 0.337. The van der Waals surface area contributed by atoms with Gasteiger partial charge in [0.2, 0.25) is 0 Å². The van der Waals surface area contributed by atoms with E-state index in [9.17, 15) is 14.9 Å². The van der Waals surface area contributed by atoms with Crippen LogP contribution in [0.4, 0.5) is 5.69 Å². The molecular weight excluding hydrogens is 388 g/mol. The van der Waals surface area contributed by atoms with Crippen LogP contribution in [0.3, 0.4) is 0 Å². The van der Waals surface area contributed by atoms with Crippen LogP contribution in [-0.2, 0) is 18.5 Å². The van der Waals surface area contributed by atoms with E-state index in [0.717, 1.165) is 24.0 Å². The molecule has 0 atom stereocenters. The summed E-state index contributed by atoms with van der Waals surface area (Å²) in [5, 5.41) is 22.9. The number of hydrogen-bond donors (Lipinski definition) is 0. The van der Waals surface area contributed by atoms with Gasteiger partial charge >= 0.3 is 5.69 Å². The van der Waals surface area contributed by atoms with Gasteiger partial charge in [-0.25, -0.2) is 4.79 Å². The lowest BCUT2D eigenvalue weighted by Gasteiger charge is -2.13. The summed E-state index contributed by atoms with van der Waals surface area (Å²) < 4.78 is 2.42. The Morgan fingerprint density at radius 1 is 1.27 bits per heavy atom. The molecule has 0 amide bonds. The van der Waals surface area contributed by atoms with E-state index in [1.165, 1.54) is 21.5 Å². The van der Waals surface area contributed by atoms with Crippen LogP contribution < -0.4 is 5.69 Å². The van der Waals surface area contributed by atoms with Gasteiger partial charge in [-0.05, 0) is 47.7 Å². The van der Waals surface area contributed by atoms with Crippen molar-refractivity contribution in [2.75, 3.05) is 0 Å². The van der Waals surface area contributed by atoms with Gasteiger partial charge in [-0.2, -0.15) is 9.36 Å².